The number of methoxy groups -OCH3 is 2. The van der Waals surface area contributed by atoms with Crippen LogP contribution in [-0.2, 0) is 19.5 Å². The molecule has 0 saturated heterocycles. The van der Waals surface area contributed by atoms with E-state index in [-0.39, 0.29) is 6.10 Å². The van der Waals surface area contributed by atoms with E-state index < -0.39 is 0 Å². The van der Waals surface area contributed by atoms with Crippen molar-refractivity contribution in [1.82, 2.24) is 5.32 Å². The predicted octanol–water partition coefficient (Wildman–Crippen LogP) is 4.50. The highest BCUT2D eigenvalue weighted by atomic mass is 16.5. The molecule has 0 bridgehead atoms. The largest absolute Gasteiger partial charge is 0.496 e. The smallest absolute Gasteiger partial charge is 0.161 e. The lowest BCUT2D eigenvalue weighted by Gasteiger charge is -2.14. The zero-order chi connectivity index (χ0) is 19.9. The number of benzene rings is 2. The van der Waals surface area contributed by atoms with E-state index in [9.17, 15) is 0 Å². The first-order valence-electron chi connectivity index (χ1n) is 10.0. The molecule has 0 aliphatic carbocycles. The van der Waals surface area contributed by atoms with Crippen LogP contribution in [0.4, 0.5) is 0 Å². The fraction of sp³-hybridized carbons (Fsp3) is 0.478. The molecule has 0 amide bonds. The molecule has 1 unspecified atom stereocenters. The second-order valence-corrected chi connectivity index (χ2v) is 7.20. The molecule has 28 heavy (non-hydrogen) atoms. The van der Waals surface area contributed by atoms with Crippen LogP contribution in [0.3, 0.4) is 0 Å². The van der Waals surface area contributed by atoms with Gasteiger partial charge in [0.1, 0.15) is 17.6 Å². The standard InChI is InChI=1S/C23H31NO4/c1-5-6-9-27-20-8-7-17(11-23(20)26-4)14-24-15-19-13-22-18(10-16(2)28-22)12-21(19)25-3/h7-8,11-13,16,24H,5-6,9-10,14-15H2,1-4H3. The molecule has 0 saturated carbocycles. The maximum Gasteiger partial charge on any atom is 0.161 e. The molecule has 5 nitrogen and oxygen atoms in total. The molecule has 2 aromatic rings. The molecule has 152 valence electrons. The zero-order valence-corrected chi connectivity index (χ0v) is 17.3. The van der Waals surface area contributed by atoms with Crippen LogP contribution in [0, 0.1) is 0 Å². The first-order valence-corrected chi connectivity index (χ1v) is 10.0. The molecule has 0 radical (unpaired) electrons. The fourth-order valence-corrected chi connectivity index (χ4v) is 3.42. The van der Waals surface area contributed by atoms with Crippen LogP contribution in [0.1, 0.15) is 43.4 Å². The zero-order valence-electron chi connectivity index (χ0n) is 17.3. The summed E-state index contributed by atoms with van der Waals surface area (Å²) in [6, 6.07) is 10.3. The van der Waals surface area contributed by atoms with Crippen molar-refractivity contribution in [2.75, 3.05) is 20.8 Å². The lowest BCUT2D eigenvalue weighted by Crippen LogP contribution is -2.13. The van der Waals surface area contributed by atoms with Gasteiger partial charge in [0.25, 0.3) is 0 Å². The van der Waals surface area contributed by atoms with E-state index in [1.165, 1.54) is 5.56 Å². The average Bonchev–Trinajstić information content (AvgIpc) is 3.07. The summed E-state index contributed by atoms with van der Waals surface area (Å²) >= 11 is 0. The third-order valence-corrected chi connectivity index (χ3v) is 4.93. The van der Waals surface area contributed by atoms with E-state index in [0.29, 0.717) is 13.2 Å². The van der Waals surface area contributed by atoms with Crippen LogP contribution in [0.2, 0.25) is 0 Å². The minimum atomic E-state index is 0.230. The lowest BCUT2D eigenvalue weighted by molar-refractivity contribution is 0.254. The van der Waals surface area contributed by atoms with Gasteiger partial charge in [-0.15, -0.1) is 0 Å². The second-order valence-electron chi connectivity index (χ2n) is 7.20. The monoisotopic (exact) mass is 385 g/mol. The highest BCUT2D eigenvalue weighted by Crippen LogP contribution is 2.35. The van der Waals surface area contributed by atoms with Crippen molar-refractivity contribution in [3.05, 3.63) is 47.0 Å². The maximum atomic E-state index is 5.88. The van der Waals surface area contributed by atoms with Crippen LogP contribution in [0.15, 0.2) is 30.3 Å². The van der Waals surface area contributed by atoms with E-state index in [4.69, 9.17) is 18.9 Å². The number of hydrogen-bond acceptors (Lipinski definition) is 5. The van der Waals surface area contributed by atoms with Gasteiger partial charge < -0.3 is 24.3 Å². The van der Waals surface area contributed by atoms with Crippen LogP contribution in [0.25, 0.3) is 0 Å². The van der Waals surface area contributed by atoms with E-state index in [0.717, 1.165) is 59.9 Å². The van der Waals surface area contributed by atoms with Gasteiger partial charge in [0, 0.05) is 30.6 Å². The molecular formula is C23H31NO4. The molecule has 3 rings (SSSR count). The molecule has 0 spiro atoms. The van der Waals surface area contributed by atoms with Crippen molar-refractivity contribution in [2.24, 2.45) is 0 Å². The third kappa shape index (κ3) is 4.90. The summed E-state index contributed by atoms with van der Waals surface area (Å²) in [6.07, 6.45) is 3.32. The normalized spacial score (nSPS) is 15.1. The Kier molecular flexibility index (Phi) is 7.04. The predicted molar refractivity (Wildman–Crippen MR) is 111 cm³/mol. The molecule has 2 aromatic carbocycles. The molecule has 1 N–H and O–H groups in total. The molecule has 1 heterocycles. The Hall–Kier alpha value is -2.40. The Labute approximate surface area is 168 Å². The number of rotatable bonds is 10. The minimum Gasteiger partial charge on any atom is -0.496 e. The molecule has 1 aliphatic heterocycles. The molecule has 1 atom stereocenters. The van der Waals surface area contributed by atoms with E-state index in [2.05, 4.69) is 37.4 Å². The molecule has 5 heteroatoms. The van der Waals surface area contributed by atoms with Crippen LogP contribution in [0.5, 0.6) is 23.0 Å². The van der Waals surface area contributed by atoms with E-state index >= 15 is 0 Å². The summed E-state index contributed by atoms with van der Waals surface area (Å²) in [5.74, 6) is 3.45. The van der Waals surface area contributed by atoms with Gasteiger partial charge >= 0.3 is 0 Å². The average molecular weight is 386 g/mol. The maximum absolute atomic E-state index is 5.88. The summed E-state index contributed by atoms with van der Waals surface area (Å²) in [5, 5.41) is 3.49. The van der Waals surface area contributed by atoms with Gasteiger partial charge in [-0.1, -0.05) is 19.4 Å². The Morgan fingerprint density at radius 3 is 2.61 bits per heavy atom. The van der Waals surface area contributed by atoms with Gasteiger partial charge in [-0.2, -0.15) is 0 Å². The molecule has 0 aromatic heterocycles. The summed E-state index contributed by atoms with van der Waals surface area (Å²) in [4.78, 5) is 0. The summed E-state index contributed by atoms with van der Waals surface area (Å²) in [6.45, 7) is 6.38. The van der Waals surface area contributed by atoms with Crippen molar-refractivity contribution in [1.29, 1.82) is 0 Å². The van der Waals surface area contributed by atoms with Gasteiger partial charge in [0.15, 0.2) is 11.5 Å². The number of unbranched alkanes of at least 4 members (excludes halogenated alkanes) is 1. The Morgan fingerprint density at radius 1 is 1.04 bits per heavy atom. The first kappa shape index (κ1) is 20.3. The number of ether oxygens (including phenoxy) is 4. The molecular weight excluding hydrogens is 354 g/mol. The molecule has 0 fully saturated rings. The highest BCUT2D eigenvalue weighted by molar-refractivity contribution is 5.49. The summed E-state index contributed by atoms with van der Waals surface area (Å²) in [5.41, 5.74) is 3.46. The van der Waals surface area contributed by atoms with Gasteiger partial charge in [-0.05, 0) is 43.2 Å². The van der Waals surface area contributed by atoms with Crippen molar-refractivity contribution < 1.29 is 18.9 Å². The van der Waals surface area contributed by atoms with Crippen LogP contribution in [-0.4, -0.2) is 26.9 Å². The lowest BCUT2D eigenvalue weighted by atomic mass is 10.1. The Bertz CT molecular complexity index is 790. The minimum absolute atomic E-state index is 0.230. The van der Waals surface area contributed by atoms with Crippen molar-refractivity contribution in [3.8, 4) is 23.0 Å². The van der Waals surface area contributed by atoms with Crippen LogP contribution < -0.4 is 24.3 Å². The van der Waals surface area contributed by atoms with Gasteiger partial charge in [0.2, 0.25) is 0 Å². The van der Waals surface area contributed by atoms with Gasteiger partial charge in [-0.3, -0.25) is 0 Å². The van der Waals surface area contributed by atoms with Gasteiger partial charge in [0.05, 0.1) is 20.8 Å². The van der Waals surface area contributed by atoms with Crippen molar-refractivity contribution in [2.45, 2.75) is 52.3 Å². The third-order valence-electron chi connectivity index (χ3n) is 4.93. The molecule has 1 aliphatic rings. The fourth-order valence-electron chi connectivity index (χ4n) is 3.42. The Morgan fingerprint density at radius 2 is 1.86 bits per heavy atom. The van der Waals surface area contributed by atoms with E-state index in [1.807, 2.05) is 12.1 Å². The number of nitrogens with one attached hydrogen (secondary N) is 1. The number of hydrogen-bond donors (Lipinski definition) is 1. The van der Waals surface area contributed by atoms with Gasteiger partial charge in [-0.25, -0.2) is 0 Å². The first-order chi connectivity index (χ1) is 13.6. The van der Waals surface area contributed by atoms with E-state index in [1.54, 1.807) is 14.2 Å². The quantitative estimate of drug-likeness (QED) is 0.611. The topological polar surface area (TPSA) is 49.0 Å². The van der Waals surface area contributed by atoms with Crippen molar-refractivity contribution >= 4 is 0 Å². The number of fused-ring (bicyclic) bond motifs is 1. The Balaban J connectivity index is 1.61. The van der Waals surface area contributed by atoms with Crippen LogP contribution >= 0.6 is 0 Å². The highest BCUT2D eigenvalue weighted by Gasteiger charge is 2.21. The summed E-state index contributed by atoms with van der Waals surface area (Å²) in [7, 11) is 3.39. The van der Waals surface area contributed by atoms with Crippen molar-refractivity contribution in [3.63, 3.8) is 0 Å². The SMILES string of the molecule is CCCCOc1ccc(CNCc2cc3c(cc2OC)CC(C)O3)cc1OC. The second kappa shape index (κ2) is 9.69. The summed E-state index contributed by atoms with van der Waals surface area (Å²) < 4.78 is 22.7.